The lowest BCUT2D eigenvalue weighted by molar-refractivity contribution is -0.136. The van der Waals surface area contributed by atoms with Crippen LogP contribution in [0.5, 0.6) is 0 Å². The molecule has 0 atom stereocenters. The number of para-hydroxylation sites is 1. The van der Waals surface area contributed by atoms with E-state index in [4.69, 9.17) is 12.2 Å². The fourth-order valence-corrected chi connectivity index (χ4v) is 1.77. The molecular weight excluding hydrogens is 313 g/mol. The fraction of sp³-hybridized carbons (Fsp3) is 0.0714. The van der Waals surface area contributed by atoms with Crippen LogP contribution in [0.2, 0.25) is 0 Å². The predicted octanol–water partition coefficient (Wildman–Crippen LogP) is 3.42. The van der Waals surface area contributed by atoms with Crippen LogP contribution in [-0.2, 0) is 6.18 Å². The molecule has 2 aromatic rings. The summed E-state index contributed by atoms with van der Waals surface area (Å²) in [5.41, 5.74) is 2.31. The van der Waals surface area contributed by atoms with Crippen LogP contribution in [0.3, 0.4) is 0 Å². The minimum Gasteiger partial charge on any atom is -0.331 e. The summed E-state index contributed by atoms with van der Waals surface area (Å²) in [7, 11) is 0. The molecule has 2 rings (SSSR count). The number of alkyl halides is 3. The highest BCUT2D eigenvalue weighted by molar-refractivity contribution is 7.80. The Hall–Kier alpha value is -2.48. The molecule has 0 saturated heterocycles. The third-order valence-corrected chi connectivity index (χ3v) is 2.76. The molecule has 0 unspecified atom stereocenters. The van der Waals surface area contributed by atoms with Gasteiger partial charge in [0.15, 0.2) is 5.11 Å². The highest BCUT2D eigenvalue weighted by Gasteiger charge is 2.33. The lowest BCUT2D eigenvalue weighted by Gasteiger charge is -2.14. The van der Waals surface area contributed by atoms with Crippen LogP contribution in [0.15, 0.2) is 53.9 Å². The molecule has 22 heavy (non-hydrogen) atoms. The number of benzene rings is 1. The van der Waals surface area contributed by atoms with E-state index >= 15 is 0 Å². The largest absolute Gasteiger partial charge is 0.418 e. The molecule has 0 spiro atoms. The lowest BCUT2D eigenvalue weighted by atomic mass is 10.2. The van der Waals surface area contributed by atoms with Gasteiger partial charge in [-0.05, 0) is 42.0 Å². The zero-order valence-corrected chi connectivity index (χ0v) is 11.9. The van der Waals surface area contributed by atoms with Gasteiger partial charge in [0.25, 0.3) is 0 Å². The van der Waals surface area contributed by atoms with Gasteiger partial charge in [-0.1, -0.05) is 12.1 Å². The second-order valence-corrected chi connectivity index (χ2v) is 4.56. The zero-order valence-electron chi connectivity index (χ0n) is 11.1. The summed E-state index contributed by atoms with van der Waals surface area (Å²) in [6, 6.07) is 8.52. The number of aromatic nitrogens is 1. The number of nitrogens with zero attached hydrogens (tertiary/aromatic N) is 2. The number of hydrogen-bond donors (Lipinski definition) is 2. The number of rotatable bonds is 3. The Bertz CT molecular complexity index is 671. The first-order valence-electron chi connectivity index (χ1n) is 6.13. The van der Waals surface area contributed by atoms with Crippen molar-refractivity contribution in [1.29, 1.82) is 0 Å². The Balaban J connectivity index is 2.00. The minimum absolute atomic E-state index is 0.0398. The Morgan fingerprint density at radius 1 is 1.14 bits per heavy atom. The second kappa shape index (κ2) is 6.99. The molecule has 0 bridgehead atoms. The number of nitrogens with one attached hydrogen (secondary N) is 2. The second-order valence-electron chi connectivity index (χ2n) is 4.15. The zero-order chi connectivity index (χ0) is 16.0. The molecule has 8 heteroatoms. The van der Waals surface area contributed by atoms with Crippen molar-refractivity contribution in [2.75, 3.05) is 5.32 Å². The van der Waals surface area contributed by atoms with Crippen molar-refractivity contribution in [3.05, 3.63) is 59.9 Å². The molecule has 0 saturated carbocycles. The van der Waals surface area contributed by atoms with Crippen LogP contribution in [0, 0.1) is 0 Å². The van der Waals surface area contributed by atoms with E-state index < -0.39 is 11.7 Å². The van der Waals surface area contributed by atoms with Crippen LogP contribution < -0.4 is 10.7 Å². The average Bonchev–Trinajstić information content (AvgIpc) is 2.48. The Kier molecular flexibility index (Phi) is 5.05. The number of hydrazone groups is 1. The SMILES string of the molecule is FC(F)(F)c1ccccc1NC(=S)N/N=C\c1ccncc1. The summed E-state index contributed by atoms with van der Waals surface area (Å²) in [4.78, 5) is 3.85. The molecule has 0 amide bonds. The van der Waals surface area contributed by atoms with Crippen LogP contribution in [0.1, 0.15) is 11.1 Å². The maximum absolute atomic E-state index is 12.8. The molecule has 0 aliphatic rings. The number of hydrogen-bond acceptors (Lipinski definition) is 3. The molecule has 0 radical (unpaired) electrons. The third kappa shape index (κ3) is 4.52. The van der Waals surface area contributed by atoms with Crippen molar-refractivity contribution in [3.63, 3.8) is 0 Å². The first-order valence-corrected chi connectivity index (χ1v) is 6.54. The van der Waals surface area contributed by atoms with E-state index in [1.165, 1.54) is 24.4 Å². The summed E-state index contributed by atoms with van der Waals surface area (Å²) >= 11 is 4.92. The van der Waals surface area contributed by atoms with Gasteiger partial charge in [-0.2, -0.15) is 18.3 Å². The van der Waals surface area contributed by atoms with E-state index in [1.807, 2.05) is 0 Å². The standard InChI is InChI=1S/C14H11F3N4S/c15-14(16,17)11-3-1-2-4-12(11)20-13(22)21-19-9-10-5-7-18-8-6-10/h1-9H,(H2,20,21,22)/b19-9-. The molecule has 4 nitrogen and oxygen atoms in total. The van der Waals surface area contributed by atoms with Crippen molar-refractivity contribution in [3.8, 4) is 0 Å². The van der Waals surface area contributed by atoms with E-state index in [2.05, 4.69) is 20.8 Å². The summed E-state index contributed by atoms with van der Waals surface area (Å²) in [5.74, 6) is 0. The van der Waals surface area contributed by atoms with E-state index in [0.717, 1.165) is 11.6 Å². The third-order valence-electron chi connectivity index (χ3n) is 2.57. The van der Waals surface area contributed by atoms with E-state index in [0.29, 0.717) is 0 Å². The van der Waals surface area contributed by atoms with Gasteiger partial charge in [-0.25, -0.2) is 0 Å². The molecular formula is C14H11F3N4S. The van der Waals surface area contributed by atoms with Crippen molar-refractivity contribution in [2.24, 2.45) is 5.10 Å². The van der Waals surface area contributed by atoms with Crippen molar-refractivity contribution >= 4 is 29.2 Å². The molecule has 1 aromatic carbocycles. The van der Waals surface area contributed by atoms with Gasteiger partial charge < -0.3 is 5.32 Å². The number of halogens is 3. The number of thiocarbonyl (C=S) groups is 1. The fourth-order valence-electron chi connectivity index (χ4n) is 1.60. The van der Waals surface area contributed by atoms with Gasteiger partial charge >= 0.3 is 6.18 Å². The van der Waals surface area contributed by atoms with E-state index in [-0.39, 0.29) is 10.8 Å². The van der Waals surface area contributed by atoms with Crippen LogP contribution >= 0.6 is 12.2 Å². The first-order chi connectivity index (χ1) is 10.5. The molecule has 114 valence electrons. The summed E-state index contributed by atoms with van der Waals surface area (Å²) in [5, 5.41) is 6.28. The van der Waals surface area contributed by atoms with Gasteiger partial charge in [0.1, 0.15) is 0 Å². The van der Waals surface area contributed by atoms with Gasteiger partial charge in [0, 0.05) is 12.4 Å². The van der Waals surface area contributed by atoms with Gasteiger partial charge in [-0.3, -0.25) is 10.4 Å². The molecule has 0 aliphatic heterocycles. The van der Waals surface area contributed by atoms with Gasteiger partial charge in [0.2, 0.25) is 0 Å². The maximum atomic E-state index is 12.8. The molecule has 0 fully saturated rings. The summed E-state index contributed by atoms with van der Waals surface area (Å²) < 4.78 is 38.5. The molecule has 0 aliphatic carbocycles. The molecule has 2 N–H and O–H groups in total. The Morgan fingerprint density at radius 2 is 1.82 bits per heavy atom. The highest BCUT2D eigenvalue weighted by Crippen LogP contribution is 2.34. The lowest BCUT2D eigenvalue weighted by Crippen LogP contribution is -2.25. The smallest absolute Gasteiger partial charge is 0.331 e. The number of anilines is 1. The maximum Gasteiger partial charge on any atom is 0.418 e. The summed E-state index contributed by atoms with van der Waals surface area (Å²) in [6.07, 6.45) is 0.208. The molecule has 1 aromatic heterocycles. The van der Waals surface area contributed by atoms with Crippen molar-refractivity contribution in [1.82, 2.24) is 10.4 Å². The quantitative estimate of drug-likeness (QED) is 0.516. The highest BCUT2D eigenvalue weighted by atomic mass is 32.1. The minimum atomic E-state index is -4.46. The number of pyridine rings is 1. The van der Waals surface area contributed by atoms with Crippen molar-refractivity contribution in [2.45, 2.75) is 6.18 Å². The van der Waals surface area contributed by atoms with Gasteiger partial charge in [-0.15, -0.1) is 0 Å². The monoisotopic (exact) mass is 324 g/mol. The average molecular weight is 324 g/mol. The van der Waals surface area contributed by atoms with Crippen LogP contribution in [0.4, 0.5) is 18.9 Å². The van der Waals surface area contributed by atoms with Crippen molar-refractivity contribution < 1.29 is 13.2 Å². The van der Waals surface area contributed by atoms with Crippen LogP contribution in [0.25, 0.3) is 0 Å². The van der Waals surface area contributed by atoms with Crippen LogP contribution in [-0.4, -0.2) is 16.3 Å². The Morgan fingerprint density at radius 3 is 2.50 bits per heavy atom. The topological polar surface area (TPSA) is 49.3 Å². The van der Waals surface area contributed by atoms with E-state index in [9.17, 15) is 13.2 Å². The Labute approximate surface area is 130 Å². The predicted molar refractivity (Wildman–Crippen MR) is 82.6 cm³/mol. The molecule has 1 heterocycles. The first kappa shape index (κ1) is 15.9. The summed E-state index contributed by atoms with van der Waals surface area (Å²) in [6.45, 7) is 0. The van der Waals surface area contributed by atoms with Gasteiger partial charge in [0.05, 0.1) is 17.5 Å². The normalized spacial score (nSPS) is 11.4. The van der Waals surface area contributed by atoms with E-state index in [1.54, 1.807) is 24.5 Å².